The van der Waals surface area contributed by atoms with Crippen LogP contribution in [0.15, 0.2) is 40.9 Å². The molecule has 8 heteroatoms. The summed E-state index contributed by atoms with van der Waals surface area (Å²) in [6, 6.07) is 9.72. The number of halogens is 2. The van der Waals surface area contributed by atoms with E-state index in [1.54, 1.807) is 30.3 Å². The van der Waals surface area contributed by atoms with Crippen LogP contribution >= 0.6 is 27.5 Å². The molecule has 0 aliphatic carbocycles. The fourth-order valence-corrected chi connectivity index (χ4v) is 2.72. The molecule has 0 bridgehead atoms. The summed E-state index contributed by atoms with van der Waals surface area (Å²) in [6.45, 7) is 0.206. The second-order valence-corrected chi connectivity index (χ2v) is 6.27. The molecule has 5 N–H and O–H groups in total. The first-order valence-electron chi connectivity index (χ1n) is 7.14. The number of aliphatic hydroxyl groups is 2. The van der Waals surface area contributed by atoms with Crippen molar-refractivity contribution in [3.8, 4) is 0 Å². The quantitative estimate of drug-likeness (QED) is 0.499. The number of aliphatic hydroxyl groups excluding tert-OH is 2. The molecule has 0 aliphatic heterocycles. The predicted octanol–water partition coefficient (Wildman–Crippen LogP) is 3.64. The summed E-state index contributed by atoms with van der Waals surface area (Å²) in [5, 5.41) is 27.0. The first kappa shape index (κ1) is 18.5. The molecule has 2 aromatic rings. The maximum atomic E-state index is 12.2. The Hall–Kier alpha value is -1.80. The number of hydrogen-bond donors (Lipinski definition) is 5. The summed E-state index contributed by atoms with van der Waals surface area (Å²) in [7, 11) is 0. The normalized spacial score (nSPS) is 10.3. The first-order valence-corrected chi connectivity index (χ1v) is 8.31. The predicted molar refractivity (Wildman–Crippen MR) is 99.7 cm³/mol. The van der Waals surface area contributed by atoms with Crippen LogP contribution in [0.2, 0.25) is 5.02 Å². The zero-order valence-electron chi connectivity index (χ0n) is 12.6. The number of hydrogen-bond acceptors (Lipinski definition) is 4. The van der Waals surface area contributed by atoms with E-state index in [-0.39, 0.29) is 13.2 Å². The molecule has 0 aromatic heterocycles. The van der Waals surface area contributed by atoms with Crippen LogP contribution in [0, 0.1) is 0 Å². The molecule has 2 aromatic carbocycles. The number of rotatable bonds is 6. The highest BCUT2D eigenvalue weighted by molar-refractivity contribution is 9.10. The molecule has 0 atom stereocenters. The van der Waals surface area contributed by atoms with Gasteiger partial charge in [0.2, 0.25) is 0 Å². The van der Waals surface area contributed by atoms with E-state index in [1.165, 1.54) is 0 Å². The highest BCUT2D eigenvalue weighted by atomic mass is 79.9. The van der Waals surface area contributed by atoms with Gasteiger partial charge in [0, 0.05) is 38.7 Å². The Labute approximate surface area is 153 Å². The molecule has 0 saturated heterocycles. The monoisotopic (exact) mass is 413 g/mol. The number of carbonyl (C=O) groups is 1. The fourth-order valence-electron chi connectivity index (χ4n) is 2.05. The largest absolute Gasteiger partial charge is 0.395 e. The van der Waals surface area contributed by atoms with Crippen molar-refractivity contribution in [1.29, 1.82) is 0 Å². The highest BCUT2D eigenvalue weighted by Gasteiger charge is 2.09. The second kappa shape index (κ2) is 8.89. The molecule has 0 heterocycles. The molecule has 2 rings (SSSR count). The van der Waals surface area contributed by atoms with E-state index in [0.29, 0.717) is 28.5 Å². The van der Waals surface area contributed by atoms with E-state index in [9.17, 15) is 9.90 Å². The van der Waals surface area contributed by atoms with Gasteiger partial charge in [-0.15, -0.1) is 0 Å². The zero-order chi connectivity index (χ0) is 17.5. The standard InChI is InChI=1S/C16H17BrClN3O3/c17-11-5-13(19-3-4-22)8-14(6-11)20-16(24)21-15-7-12(18)2-1-10(15)9-23/h1-2,5-8,19,22-23H,3-4,9H2,(H2,20,21,24). The van der Waals surface area contributed by atoms with Crippen LogP contribution in [0.5, 0.6) is 0 Å². The van der Waals surface area contributed by atoms with Gasteiger partial charge in [-0.05, 0) is 30.3 Å². The average molecular weight is 415 g/mol. The molecule has 0 saturated carbocycles. The molecular weight excluding hydrogens is 398 g/mol. The zero-order valence-corrected chi connectivity index (χ0v) is 15.0. The van der Waals surface area contributed by atoms with Gasteiger partial charge < -0.3 is 26.2 Å². The summed E-state index contributed by atoms with van der Waals surface area (Å²) in [5.41, 5.74) is 2.33. The maximum absolute atomic E-state index is 12.2. The van der Waals surface area contributed by atoms with Crippen molar-refractivity contribution in [3.63, 3.8) is 0 Å². The third kappa shape index (κ3) is 5.38. The van der Waals surface area contributed by atoms with Gasteiger partial charge in [0.05, 0.1) is 13.2 Å². The summed E-state index contributed by atoms with van der Waals surface area (Å²) in [6.07, 6.45) is 0. The Kier molecular flexibility index (Phi) is 6.86. The lowest BCUT2D eigenvalue weighted by Crippen LogP contribution is -2.20. The third-order valence-corrected chi connectivity index (χ3v) is 3.78. The van der Waals surface area contributed by atoms with Crippen molar-refractivity contribution in [2.24, 2.45) is 0 Å². The summed E-state index contributed by atoms with van der Waals surface area (Å²) in [5.74, 6) is 0. The highest BCUT2D eigenvalue weighted by Crippen LogP contribution is 2.24. The van der Waals surface area contributed by atoms with Gasteiger partial charge in [-0.2, -0.15) is 0 Å². The van der Waals surface area contributed by atoms with Crippen LogP contribution in [-0.4, -0.2) is 29.4 Å². The van der Waals surface area contributed by atoms with Crippen LogP contribution in [0.1, 0.15) is 5.56 Å². The van der Waals surface area contributed by atoms with Crippen LogP contribution < -0.4 is 16.0 Å². The van der Waals surface area contributed by atoms with Gasteiger partial charge in [0.1, 0.15) is 0 Å². The Balaban J connectivity index is 2.10. The van der Waals surface area contributed by atoms with E-state index >= 15 is 0 Å². The van der Waals surface area contributed by atoms with Crippen molar-refractivity contribution in [2.45, 2.75) is 6.61 Å². The number of nitrogens with one attached hydrogen (secondary N) is 3. The Morgan fingerprint density at radius 3 is 2.54 bits per heavy atom. The molecule has 0 aliphatic rings. The number of anilines is 3. The van der Waals surface area contributed by atoms with Crippen LogP contribution in [0.25, 0.3) is 0 Å². The number of carbonyl (C=O) groups excluding carboxylic acids is 1. The van der Waals surface area contributed by atoms with Gasteiger partial charge in [-0.1, -0.05) is 33.6 Å². The topological polar surface area (TPSA) is 93.6 Å². The maximum Gasteiger partial charge on any atom is 0.323 e. The second-order valence-electron chi connectivity index (χ2n) is 4.92. The Morgan fingerprint density at radius 1 is 1.08 bits per heavy atom. The van der Waals surface area contributed by atoms with E-state index in [1.807, 2.05) is 6.07 Å². The number of benzene rings is 2. The van der Waals surface area contributed by atoms with Gasteiger partial charge in [0.15, 0.2) is 0 Å². The van der Waals surface area contributed by atoms with Gasteiger partial charge in [-0.25, -0.2) is 4.79 Å². The van der Waals surface area contributed by atoms with E-state index in [2.05, 4.69) is 31.9 Å². The minimum atomic E-state index is -0.460. The number of urea groups is 1. The lowest BCUT2D eigenvalue weighted by molar-refractivity contribution is 0.262. The first-order chi connectivity index (χ1) is 11.5. The van der Waals surface area contributed by atoms with Crippen LogP contribution in [0.4, 0.5) is 21.9 Å². The van der Waals surface area contributed by atoms with Crippen molar-refractivity contribution in [3.05, 3.63) is 51.5 Å². The lowest BCUT2D eigenvalue weighted by atomic mass is 10.2. The average Bonchev–Trinajstić information content (AvgIpc) is 2.52. The fraction of sp³-hybridized carbons (Fsp3) is 0.188. The minimum absolute atomic E-state index is 0.00840. The molecular formula is C16H17BrClN3O3. The molecule has 0 fully saturated rings. The van der Waals surface area contributed by atoms with Crippen molar-refractivity contribution < 1.29 is 15.0 Å². The Bertz CT molecular complexity index is 728. The molecule has 2 amide bonds. The van der Waals surface area contributed by atoms with E-state index in [4.69, 9.17) is 16.7 Å². The SMILES string of the molecule is O=C(Nc1cc(Br)cc(NCCO)c1)Nc1cc(Cl)ccc1CO. The van der Waals surface area contributed by atoms with Gasteiger partial charge in [0.25, 0.3) is 0 Å². The summed E-state index contributed by atoms with van der Waals surface area (Å²) < 4.78 is 0.777. The Morgan fingerprint density at radius 2 is 1.83 bits per heavy atom. The number of amides is 2. The van der Waals surface area contributed by atoms with Gasteiger partial charge >= 0.3 is 6.03 Å². The minimum Gasteiger partial charge on any atom is -0.395 e. The van der Waals surface area contributed by atoms with Crippen LogP contribution in [0.3, 0.4) is 0 Å². The molecule has 6 nitrogen and oxygen atoms in total. The summed E-state index contributed by atoms with van der Waals surface area (Å²) >= 11 is 9.29. The molecule has 128 valence electrons. The summed E-state index contributed by atoms with van der Waals surface area (Å²) in [4.78, 5) is 12.2. The smallest absolute Gasteiger partial charge is 0.323 e. The van der Waals surface area contributed by atoms with Crippen molar-refractivity contribution in [1.82, 2.24) is 0 Å². The van der Waals surface area contributed by atoms with Crippen molar-refractivity contribution in [2.75, 3.05) is 29.1 Å². The van der Waals surface area contributed by atoms with E-state index in [0.717, 1.165) is 10.2 Å². The molecule has 0 spiro atoms. The van der Waals surface area contributed by atoms with E-state index < -0.39 is 6.03 Å². The molecule has 24 heavy (non-hydrogen) atoms. The van der Waals surface area contributed by atoms with Crippen molar-refractivity contribution >= 4 is 50.6 Å². The lowest BCUT2D eigenvalue weighted by Gasteiger charge is -2.13. The van der Waals surface area contributed by atoms with Gasteiger partial charge in [-0.3, -0.25) is 0 Å². The molecule has 0 unspecified atom stereocenters. The third-order valence-electron chi connectivity index (χ3n) is 3.09. The molecule has 0 radical (unpaired) electrons. The van der Waals surface area contributed by atoms with Crippen LogP contribution in [-0.2, 0) is 6.61 Å².